The molecule has 1 aliphatic carbocycles. The van der Waals surface area contributed by atoms with Gasteiger partial charge in [-0.25, -0.2) is 4.58 Å². The van der Waals surface area contributed by atoms with Gasteiger partial charge in [0.1, 0.15) is 18.6 Å². The van der Waals surface area contributed by atoms with E-state index in [2.05, 4.69) is 0 Å². The van der Waals surface area contributed by atoms with Crippen molar-refractivity contribution in [2.45, 2.75) is 13.8 Å². The number of allylic oxidation sites excluding steroid dienone is 1. The van der Waals surface area contributed by atoms with Gasteiger partial charge in [-0.2, -0.15) is 0 Å². The van der Waals surface area contributed by atoms with Gasteiger partial charge in [0.15, 0.2) is 0 Å². The van der Waals surface area contributed by atoms with Crippen LogP contribution in [0.15, 0.2) is 10.6 Å². The van der Waals surface area contributed by atoms with Crippen molar-refractivity contribution >= 4 is 35.6 Å². The molecule has 0 aliphatic heterocycles. The maximum atomic E-state index is 11.7. The molecular weight excluding hydrogens is 284 g/mol. The normalized spacial score (nSPS) is 24.1. The molecule has 0 N–H and O–H groups in total. The van der Waals surface area contributed by atoms with Crippen LogP contribution in [0.4, 0.5) is 0 Å². The number of esters is 1. The van der Waals surface area contributed by atoms with Gasteiger partial charge in [0.25, 0.3) is 0 Å². The molecule has 0 spiro atoms. The molecule has 0 bridgehead atoms. The summed E-state index contributed by atoms with van der Waals surface area (Å²) in [6.45, 7) is 3.99. The van der Waals surface area contributed by atoms with Gasteiger partial charge in [-0.05, 0) is 17.4 Å². The molecule has 0 radical (unpaired) electrons. The van der Waals surface area contributed by atoms with Crippen molar-refractivity contribution in [2.24, 2.45) is 17.3 Å². The fourth-order valence-corrected chi connectivity index (χ4v) is 2.08. The lowest BCUT2D eigenvalue weighted by Gasteiger charge is -1.98. The van der Waals surface area contributed by atoms with Crippen LogP contribution >= 0.6 is 23.2 Å². The summed E-state index contributed by atoms with van der Waals surface area (Å²) in [6.07, 6.45) is 3.09. The molecule has 3 nitrogen and oxygen atoms in total. The zero-order valence-corrected chi connectivity index (χ0v) is 12.5. The van der Waals surface area contributed by atoms with E-state index in [0.29, 0.717) is 0 Å². The molecule has 1 aliphatic rings. The molecule has 1 saturated carbocycles. The number of halogens is 3. The molecule has 0 heterocycles. The van der Waals surface area contributed by atoms with E-state index in [1.807, 2.05) is 13.8 Å². The Morgan fingerprint density at radius 3 is 2.29 bits per heavy atom. The molecule has 0 saturated heterocycles. The number of rotatable bonds is 3. The summed E-state index contributed by atoms with van der Waals surface area (Å²) in [7, 11) is 3.58. The van der Waals surface area contributed by atoms with Crippen molar-refractivity contribution in [3.63, 3.8) is 0 Å². The van der Waals surface area contributed by atoms with Crippen molar-refractivity contribution in [1.82, 2.24) is 0 Å². The molecule has 2 unspecified atom stereocenters. The van der Waals surface area contributed by atoms with Crippen LogP contribution in [0.5, 0.6) is 0 Å². The third-order valence-electron chi connectivity index (χ3n) is 2.85. The predicted octanol–water partition coefficient (Wildman–Crippen LogP) is -0.575. The second-order valence-electron chi connectivity index (χ2n) is 4.79. The van der Waals surface area contributed by atoms with Crippen molar-refractivity contribution in [2.75, 3.05) is 14.1 Å². The fourth-order valence-electron chi connectivity index (χ4n) is 1.81. The van der Waals surface area contributed by atoms with Gasteiger partial charge in [-0.15, -0.1) is 0 Å². The first kappa shape index (κ1) is 16.8. The van der Waals surface area contributed by atoms with E-state index in [9.17, 15) is 4.79 Å². The Morgan fingerprint density at radius 2 is 1.88 bits per heavy atom. The third kappa shape index (κ3) is 4.16. The van der Waals surface area contributed by atoms with Crippen molar-refractivity contribution in [3.05, 3.63) is 10.6 Å². The fraction of sp³-hybridized carbons (Fsp3) is 0.636. The smallest absolute Gasteiger partial charge is 0.331 e. The van der Waals surface area contributed by atoms with Crippen LogP contribution in [0.1, 0.15) is 13.8 Å². The first-order valence-electron chi connectivity index (χ1n) is 5.00. The van der Waals surface area contributed by atoms with Crippen LogP contribution in [0, 0.1) is 17.3 Å². The van der Waals surface area contributed by atoms with Gasteiger partial charge >= 0.3 is 12.4 Å². The highest BCUT2D eigenvalue weighted by molar-refractivity contribution is 6.55. The second kappa shape index (κ2) is 6.07. The zero-order chi connectivity index (χ0) is 12.5. The minimum atomic E-state index is -0.241. The summed E-state index contributed by atoms with van der Waals surface area (Å²) < 4.78 is 6.89. The predicted molar refractivity (Wildman–Crippen MR) is 64.8 cm³/mol. The molecule has 2 atom stereocenters. The van der Waals surface area contributed by atoms with E-state index in [1.54, 1.807) is 24.7 Å². The van der Waals surface area contributed by atoms with Gasteiger partial charge < -0.3 is 17.1 Å². The lowest BCUT2D eigenvalue weighted by molar-refractivity contribution is -0.467. The van der Waals surface area contributed by atoms with E-state index in [-0.39, 0.29) is 40.1 Å². The lowest BCUT2D eigenvalue weighted by atomic mass is 10.1. The van der Waals surface area contributed by atoms with Crippen molar-refractivity contribution in [1.29, 1.82) is 0 Å². The third-order valence-corrected chi connectivity index (χ3v) is 3.10. The number of hydrogen-bond donors (Lipinski definition) is 0. The summed E-state index contributed by atoms with van der Waals surface area (Å²) in [6, 6.07) is 0. The quantitative estimate of drug-likeness (QED) is 0.302. The lowest BCUT2D eigenvalue weighted by Crippen LogP contribution is -3.00. The number of hydrogen-bond acceptors (Lipinski definition) is 2. The van der Waals surface area contributed by atoms with E-state index in [1.165, 1.54) is 6.40 Å². The average molecular weight is 301 g/mol. The maximum Gasteiger partial charge on any atom is 0.331 e. The Morgan fingerprint density at radius 1 is 1.35 bits per heavy atom. The standard InChI is InChI=1S/C11H16Cl2NO2.ClH/c1-11(2)7(5-8(12)13)9(11)10(15)16-6-14(3)4;/h5-7,9H,1-4H3;1H/q+1;/p-1. The van der Waals surface area contributed by atoms with Crippen LogP contribution in [-0.2, 0) is 9.53 Å². The van der Waals surface area contributed by atoms with Gasteiger partial charge in [-0.3, -0.25) is 4.79 Å². The molecule has 6 heteroatoms. The summed E-state index contributed by atoms with van der Waals surface area (Å²) >= 11 is 11.2. The minimum Gasteiger partial charge on any atom is -1.00 e. The van der Waals surface area contributed by atoms with Gasteiger partial charge in [0.2, 0.25) is 0 Å². The highest BCUT2D eigenvalue weighted by atomic mass is 35.5. The highest BCUT2D eigenvalue weighted by Crippen LogP contribution is 2.60. The zero-order valence-electron chi connectivity index (χ0n) is 10.2. The second-order valence-corrected chi connectivity index (χ2v) is 5.79. The number of carbonyl (C=O) groups is 1. The number of nitrogens with zero attached hydrogens (tertiary/aromatic N) is 1. The number of carbonyl (C=O) groups excluding carboxylic acids is 1. The summed E-state index contributed by atoms with van der Waals surface area (Å²) in [5, 5.41) is 0. The minimum absolute atomic E-state index is 0. The molecule has 98 valence electrons. The Labute approximate surface area is 118 Å². The van der Waals surface area contributed by atoms with E-state index < -0.39 is 0 Å². The van der Waals surface area contributed by atoms with Crippen molar-refractivity contribution in [3.8, 4) is 0 Å². The van der Waals surface area contributed by atoms with Crippen LogP contribution in [0.3, 0.4) is 0 Å². The van der Waals surface area contributed by atoms with Crippen LogP contribution in [0.2, 0.25) is 0 Å². The SMILES string of the molecule is C[N+](C)=COC(=O)C1C(C=C(Cl)Cl)C1(C)C.[Cl-]. The Kier molecular flexibility index (Phi) is 5.99. The molecule has 1 fully saturated rings. The molecule has 17 heavy (non-hydrogen) atoms. The Balaban J connectivity index is 0.00000256. The average Bonchev–Trinajstić information content (AvgIpc) is 2.63. The van der Waals surface area contributed by atoms with E-state index in [0.717, 1.165) is 0 Å². The van der Waals surface area contributed by atoms with Gasteiger partial charge in [-0.1, -0.05) is 37.0 Å². The highest BCUT2D eigenvalue weighted by Gasteiger charge is 2.61. The van der Waals surface area contributed by atoms with E-state index >= 15 is 0 Å². The summed E-state index contributed by atoms with van der Waals surface area (Å²) in [4.78, 5) is 11.7. The van der Waals surface area contributed by atoms with Gasteiger partial charge in [0, 0.05) is 0 Å². The largest absolute Gasteiger partial charge is 1.00 e. The molecule has 0 aromatic rings. The first-order chi connectivity index (χ1) is 7.26. The molecule has 0 aromatic carbocycles. The summed E-state index contributed by atoms with van der Waals surface area (Å²) in [5.41, 5.74) is -0.133. The molecule has 0 aromatic heterocycles. The molecule has 0 amide bonds. The Hall–Kier alpha value is -0.250. The Bertz CT molecular complexity index is 356. The summed E-state index contributed by atoms with van der Waals surface area (Å²) in [5.74, 6) is -0.355. The molecular formula is C11H16Cl3NO2. The first-order valence-corrected chi connectivity index (χ1v) is 5.75. The van der Waals surface area contributed by atoms with Crippen LogP contribution in [-0.4, -0.2) is 31.0 Å². The van der Waals surface area contributed by atoms with E-state index in [4.69, 9.17) is 27.9 Å². The maximum absolute atomic E-state index is 11.7. The number of ether oxygens (including phenoxy) is 1. The van der Waals surface area contributed by atoms with Gasteiger partial charge in [0.05, 0.1) is 5.92 Å². The monoisotopic (exact) mass is 299 g/mol. The topological polar surface area (TPSA) is 29.3 Å². The van der Waals surface area contributed by atoms with Crippen LogP contribution in [0.25, 0.3) is 0 Å². The van der Waals surface area contributed by atoms with Crippen molar-refractivity contribution < 1.29 is 26.5 Å². The molecule has 1 rings (SSSR count). The van der Waals surface area contributed by atoms with Crippen LogP contribution < -0.4 is 12.4 Å².